The van der Waals surface area contributed by atoms with Crippen molar-refractivity contribution >= 4 is 0 Å². The van der Waals surface area contributed by atoms with Crippen molar-refractivity contribution in [2.24, 2.45) is 67.8 Å². The molecule has 0 aromatic heterocycles. The van der Waals surface area contributed by atoms with E-state index in [0.717, 1.165) is 50.1 Å². The van der Waals surface area contributed by atoms with E-state index in [4.69, 9.17) is 65.8 Å². The molecule has 0 amide bonds. The Balaban J connectivity index is 1.57. The third-order valence-corrected chi connectivity index (χ3v) is 10.7. The maximum atomic E-state index is 6.00. The van der Waals surface area contributed by atoms with E-state index in [1.807, 2.05) is 0 Å². The maximum Gasteiger partial charge on any atom is 0.0717 e. The van der Waals surface area contributed by atoms with Gasteiger partial charge in [0.05, 0.1) is 39.6 Å². The Hall–Kier alpha value is -3.60. The quantitative estimate of drug-likeness (QED) is 0.0498. The fourth-order valence-corrected chi connectivity index (χ4v) is 5.94. The molecule has 4 aromatic carbocycles. The summed E-state index contributed by atoms with van der Waals surface area (Å²) in [5.74, 6) is 0. The summed E-state index contributed by atoms with van der Waals surface area (Å²) in [6.45, 7) is 5.95. The van der Waals surface area contributed by atoms with Crippen LogP contribution in [0.3, 0.4) is 0 Å². The highest BCUT2D eigenvalue weighted by Crippen LogP contribution is 2.34. The molecule has 4 aromatic rings. The van der Waals surface area contributed by atoms with Gasteiger partial charge in [0.25, 0.3) is 0 Å². The van der Waals surface area contributed by atoms with Crippen molar-refractivity contribution in [1.29, 1.82) is 0 Å². The van der Waals surface area contributed by atoms with Crippen LogP contribution in [0.5, 0.6) is 0 Å². The Morgan fingerprint density at radius 3 is 0.685 bits per heavy atom. The summed E-state index contributed by atoms with van der Waals surface area (Å²) < 4.78 is 18.0. The van der Waals surface area contributed by atoms with Gasteiger partial charge in [0.2, 0.25) is 0 Å². The lowest BCUT2D eigenvalue weighted by Crippen LogP contribution is -2.47. The Morgan fingerprint density at radius 2 is 0.500 bits per heavy atom. The zero-order valence-corrected chi connectivity index (χ0v) is 31.7. The molecule has 0 aliphatic carbocycles. The Labute approximate surface area is 321 Å². The highest BCUT2D eigenvalue weighted by molar-refractivity contribution is 5.81. The smallest absolute Gasteiger partial charge is 0.0717 e. The third kappa shape index (κ3) is 11.2. The van der Waals surface area contributed by atoms with Crippen molar-refractivity contribution in [3.8, 4) is 33.4 Å². The first kappa shape index (κ1) is 43.1. The molecule has 0 atom stereocenters. The fraction of sp³-hybridized carbons (Fsp3) is 0.429. The molecule has 4 rings (SSSR count). The van der Waals surface area contributed by atoms with Gasteiger partial charge in [-0.2, -0.15) is 0 Å². The van der Waals surface area contributed by atoms with E-state index in [0.29, 0.717) is 98.5 Å². The standard InChI is InChI=1S/C42H63N9O3/c43-19-40(20-44,21-45)28-52-16-31-1-7-34(8-2-31)37-13-38(35-9-3-32(4-10-35)17-53-29-41(22-46,23-47)24-48)15-39(14-37)36-11-5-33(6-12-36)18-54-30-42(25-49,26-50)27-51/h1-15H,16-30,43-51H2. The lowest BCUT2D eigenvalue weighted by atomic mass is 9.89. The minimum absolute atomic E-state index is 0.378. The zero-order valence-electron chi connectivity index (χ0n) is 31.7. The average molecular weight is 742 g/mol. The summed E-state index contributed by atoms with van der Waals surface area (Å²) in [6, 6.07) is 31.9. The van der Waals surface area contributed by atoms with Crippen LogP contribution in [0.25, 0.3) is 33.4 Å². The summed E-state index contributed by atoms with van der Waals surface area (Å²) in [5.41, 5.74) is 61.9. The molecular weight excluding hydrogens is 679 g/mol. The van der Waals surface area contributed by atoms with Crippen LogP contribution in [0.2, 0.25) is 0 Å². The second-order valence-corrected chi connectivity index (χ2v) is 14.7. The molecule has 12 heteroatoms. The number of benzene rings is 4. The van der Waals surface area contributed by atoms with Gasteiger partial charge >= 0.3 is 0 Å². The summed E-state index contributed by atoms with van der Waals surface area (Å²) >= 11 is 0. The number of hydrogen-bond acceptors (Lipinski definition) is 12. The molecule has 0 saturated heterocycles. The summed E-state index contributed by atoms with van der Waals surface area (Å²) in [7, 11) is 0. The number of hydrogen-bond donors (Lipinski definition) is 9. The molecule has 0 fully saturated rings. The molecule has 12 nitrogen and oxygen atoms in total. The molecule has 0 aliphatic heterocycles. The largest absolute Gasteiger partial charge is 0.376 e. The van der Waals surface area contributed by atoms with Gasteiger partial charge < -0.3 is 65.8 Å². The van der Waals surface area contributed by atoms with Crippen LogP contribution in [-0.4, -0.2) is 78.7 Å². The average Bonchev–Trinajstić information content (AvgIpc) is 3.24. The van der Waals surface area contributed by atoms with Gasteiger partial charge in [-0.15, -0.1) is 0 Å². The molecule has 0 aliphatic rings. The summed E-state index contributed by atoms with van der Waals surface area (Å²) in [4.78, 5) is 0. The van der Waals surface area contributed by atoms with E-state index < -0.39 is 16.2 Å². The maximum absolute atomic E-state index is 6.00. The number of nitrogens with two attached hydrogens (primary N) is 9. The summed E-state index contributed by atoms with van der Waals surface area (Å²) in [6.07, 6.45) is 0. The zero-order chi connectivity index (χ0) is 39.0. The normalized spacial score (nSPS) is 12.4. The van der Waals surface area contributed by atoms with Gasteiger partial charge in [0, 0.05) is 75.1 Å². The monoisotopic (exact) mass is 742 g/mol. The molecule has 0 bridgehead atoms. The fourth-order valence-electron chi connectivity index (χ4n) is 5.94. The lowest BCUT2D eigenvalue weighted by molar-refractivity contribution is 0.0457. The first-order valence-corrected chi connectivity index (χ1v) is 18.7. The minimum Gasteiger partial charge on any atom is -0.376 e. The Kier molecular flexibility index (Phi) is 16.7. The van der Waals surface area contributed by atoms with E-state index in [9.17, 15) is 0 Å². The molecule has 54 heavy (non-hydrogen) atoms. The molecule has 0 spiro atoms. The van der Waals surface area contributed by atoms with Gasteiger partial charge in [-0.05, 0) is 68.3 Å². The second-order valence-electron chi connectivity index (χ2n) is 14.7. The van der Waals surface area contributed by atoms with Crippen LogP contribution >= 0.6 is 0 Å². The van der Waals surface area contributed by atoms with E-state index in [1.165, 1.54) is 0 Å². The first-order chi connectivity index (χ1) is 26.2. The highest BCUT2D eigenvalue weighted by Gasteiger charge is 2.27. The van der Waals surface area contributed by atoms with Crippen molar-refractivity contribution < 1.29 is 14.2 Å². The van der Waals surface area contributed by atoms with Crippen LogP contribution in [-0.2, 0) is 34.0 Å². The lowest BCUT2D eigenvalue weighted by Gasteiger charge is -2.29. The Bertz CT molecular complexity index is 1440. The van der Waals surface area contributed by atoms with E-state index >= 15 is 0 Å². The Morgan fingerprint density at radius 1 is 0.296 bits per heavy atom. The SMILES string of the molecule is NCC(CN)(CN)COCc1ccc(-c2cc(-c3ccc(COCC(CN)(CN)CN)cc3)cc(-c3ccc(COCC(CN)(CN)CN)cc3)c2)cc1. The first-order valence-electron chi connectivity index (χ1n) is 18.7. The highest BCUT2D eigenvalue weighted by atomic mass is 16.5. The second kappa shape index (κ2) is 20.9. The number of ether oxygens (including phenoxy) is 3. The van der Waals surface area contributed by atoms with Crippen molar-refractivity contribution in [3.05, 3.63) is 108 Å². The molecule has 0 saturated carbocycles. The van der Waals surface area contributed by atoms with Crippen molar-refractivity contribution in [3.63, 3.8) is 0 Å². The van der Waals surface area contributed by atoms with Gasteiger partial charge in [-0.1, -0.05) is 72.8 Å². The van der Waals surface area contributed by atoms with Gasteiger partial charge in [-0.3, -0.25) is 0 Å². The molecule has 0 radical (unpaired) electrons. The molecular formula is C42H63N9O3. The number of rotatable bonds is 24. The van der Waals surface area contributed by atoms with Crippen LogP contribution in [0.15, 0.2) is 91.0 Å². The van der Waals surface area contributed by atoms with Gasteiger partial charge in [0.15, 0.2) is 0 Å². The minimum atomic E-state index is -0.413. The van der Waals surface area contributed by atoms with Crippen LogP contribution < -0.4 is 51.6 Å². The van der Waals surface area contributed by atoms with E-state index in [-0.39, 0.29) is 0 Å². The van der Waals surface area contributed by atoms with Crippen molar-refractivity contribution in [2.45, 2.75) is 19.8 Å². The topological polar surface area (TPSA) is 262 Å². The molecule has 0 heterocycles. The van der Waals surface area contributed by atoms with Gasteiger partial charge in [0.1, 0.15) is 0 Å². The van der Waals surface area contributed by atoms with Crippen LogP contribution in [0.1, 0.15) is 16.7 Å². The summed E-state index contributed by atoms with van der Waals surface area (Å²) in [5, 5.41) is 0. The van der Waals surface area contributed by atoms with Crippen molar-refractivity contribution in [2.75, 3.05) is 78.7 Å². The van der Waals surface area contributed by atoms with E-state index in [2.05, 4.69) is 91.0 Å². The van der Waals surface area contributed by atoms with Crippen molar-refractivity contribution in [1.82, 2.24) is 0 Å². The predicted octanol–water partition coefficient (Wildman–Crippen LogP) is 1.82. The third-order valence-electron chi connectivity index (χ3n) is 10.7. The molecule has 0 unspecified atom stereocenters. The predicted molar refractivity (Wildman–Crippen MR) is 221 cm³/mol. The van der Waals surface area contributed by atoms with Crippen LogP contribution in [0.4, 0.5) is 0 Å². The van der Waals surface area contributed by atoms with Gasteiger partial charge in [-0.25, -0.2) is 0 Å². The van der Waals surface area contributed by atoms with E-state index in [1.54, 1.807) is 0 Å². The molecule has 294 valence electrons. The molecule has 18 N–H and O–H groups in total. The van der Waals surface area contributed by atoms with Crippen LogP contribution in [0, 0.1) is 16.2 Å².